The van der Waals surface area contributed by atoms with Crippen LogP contribution in [0.3, 0.4) is 0 Å². The highest BCUT2D eigenvalue weighted by molar-refractivity contribution is 4.46. The van der Waals surface area contributed by atoms with E-state index in [4.69, 9.17) is 10.2 Å². The van der Waals surface area contributed by atoms with Crippen LogP contribution in [0, 0.1) is 0 Å². The zero-order valence-electron chi connectivity index (χ0n) is 5.09. The van der Waals surface area contributed by atoms with Crippen LogP contribution in [0.5, 0.6) is 0 Å². The van der Waals surface area contributed by atoms with E-state index in [1.165, 1.54) is 0 Å². The lowest BCUT2D eigenvalue weighted by atomic mass is 10.3. The molecule has 3 heteroatoms. The SMILES string of the molecule is CNC(O)CCCO. The number of aliphatic hydroxyl groups excluding tert-OH is 2. The van der Waals surface area contributed by atoms with Crippen LogP contribution in [-0.4, -0.2) is 30.1 Å². The average molecular weight is 119 g/mol. The molecule has 8 heavy (non-hydrogen) atoms. The Morgan fingerprint density at radius 2 is 2.25 bits per heavy atom. The van der Waals surface area contributed by atoms with E-state index < -0.39 is 6.23 Å². The summed E-state index contributed by atoms with van der Waals surface area (Å²) in [5.41, 5.74) is 0. The third kappa shape index (κ3) is 4.05. The van der Waals surface area contributed by atoms with Gasteiger partial charge >= 0.3 is 0 Å². The molecule has 0 fully saturated rings. The first-order valence-electron chi connectivity index (χ1n) is 2.77. The second-order valence-corrected chi connectivity index (χ2v) is 1.67. The summed E-state index contributed by atoms with van der Waals surface area (Å²) in [5.74, 6) is 0. The fraction of sp³-hybridized carbons (Fsp3) is 1.00. The first kappa shape index (κ1) is 7.88. The summed E-state index contributed by atoms with van der Waals surface area (Å²) >= 11 is 0. The molecular weight excluding hydrogens is 106 g/mol. The van der Waals surface area contributed by atoms with Gasteiger partial charge in [-0.3, -0.25) is 5.32 Å². The Balaban J connectivity index is 2.86. The Labute approximate surface area is 49.3 Å². The van der Waals surface area contributed by atoms with Gasteiger partial charge in [0.25, 0.3) is 0 Å². The molecule has 0 aromatic rings. The second kappa shape index (κ2) is 5.03. The van der Waals surface area contributed by atoms with E-state index in [1.54, 1.807) is 7.05 Å². The minimum absolute atomic E-state index is 0.152. The van der Waals surface area contributed by atoms with Gasteiger partial charge in [0, 0.05) is 6.61 Å². The molecule has 1 unspecified atom stereocenters. The van der Waals surface area contributed by atoms with Gasteiger partial charge in [0.2, 0.25) is 0 Å². The van der Waals surface area contributed by atoms with Crippen molar-refractivity contribution in [3.05, 3.63) is 0 Å². The molecule has 0 amide bonds. The van der Waals surface area contributed by atoms with Gasteiger partial charge < -0.3 is 10.2 Å². The zero-order chi connectivity index (χ0) is 6.41. The van der Waals surface area contributed by atoms with Crippen molar-refractivity contribution in [1.29, 1.82) is 0 Å². The summed E-state index contributed by atoms with van der Waals surface area (Å²) in [6.45, 7) is 0.152. The number of aliphatic hydroxyl groups is 2. The minimum atomic E-state index is -0.456. The topological polar surface area (TPSA) is 52.5 Å². The molecule has 50 valence electrons. The molecule has 0 aliphatic carbocycles. The monoisotopic (exact) mass is 119 g/mol. The summed E-state index contributed by atoms with van der Waals surface area (Å²) in [4.78, 5) is 0. The van der Waals surface area contributed by atoms with Crippen molar-refractivity contribution in [3.63, 3.8) is 0 Å². The van der Waals surface area contributed by atoms with Crippen LogP contribution >= 0.6 is 0 Å². The van der Waals surface area contributed by atoms with Crippen LogP contribution in [0.25, 0.3) is 0 Å². The van der Waals surface area contributed by atoms with Crippen LogP contribution in [0.4, 0.5) is 0 Å². The maximum atomic E-state index is 8.77. The van der Waals surface area contributed by atoms with Gasteiger partial charge in [-0.05, 0) is 19.9 Å². The molecule has 1 atom stereocenters. The average Bonchev–Trinajstić information content (AvgIpc) is 1.83. The van der Waals surface area contributed by atoms with Gasteiger partial charge in [-0.15, -0.1) is 0 Å². The molecule has 0 aliphatic rings. The Bertz CT molecular complexity index is 49.7. The highest BCUT2D eigenvalue weighted by Crippen LogP contribution is 1.89. The number of hydrogen-bond acceptors (Lipinski definition) is 3. The first-order valence-corrected chi connectivity index (χ1v) is 2.77. The molecule has 0 saturated heterocycles. The lowest BCUT2D eigenvalue weighted by Crippen LogP contribution is -2.24. The molecule has 0 rings (SSSR count). The molecule has 0 bridgehead atoms. The van der Waals surface area contributed by atoms with Gasteiger partial charge in [0.1, 0.15) is 6.23 Å². The summed E-state index contributed by atoms with van der Waals surface area (Å²) in [6.07, 6.45) is 0.816. The Morgan fingerprint density at radius 1 is 1.62 bits per heavy atom. The Kier molecular flexibility index (Phi) is 4.95. The fourth-order valence-corrected chi connectivity index (χ4v) is 0.429. The molecule has 0 aliphatic heterocycles. The van der Waals surface area contributed by atoms with Crippen LogP contribution < -0.4 is 5.32 Å². The van der Waals surface area contributed by atoms with Gasteiger partial charge in [0.15, 0.2) is 0 Å². The van der Waals surface area contributed by atoms with Crippen molar-refractivity contribution in [2.24, 2.45) is 0 Å². The molecule has 0 heterocycles. The lowest BCUT2D eigenvalue weighted by Gasteiger charge is -2.05. The number of rotatable bonds is 4. The van der Waals surface area contributed by atoms with Crippen LogP contribution in [0.1, 0.15) is 12.8 Å². The van der Waals surface area contributed by atoms with Gasteiger partial charge in [0.05, 0.1) is 0 Å². The second-order valence-electron chi connectivity index (χ2n) is 1.67. The third-order valence-corrected chi connectivity index (χ3v) is 0.969. The van der Waals surface area contributed by atoms with Crippen molar-refractivity contribution in [3.8, 4) is 0 Å². The minimum Gasteiger partial charge on any atom is -0.396 e. The summed E-state index contributed by atoms with van der Waals surface area (Å²) in [6, 6.07) is 0. The molecule has 0 radical (unpaired) electrons. The molecular formula is C5H13NO2. The van der Waals surface area contributed by atoms with Gasteiger partial charge in [-0.2, -0.15) is 0 Å². The molecule has 0 spiro atoms. The summed E-state index contributed by atoms with van der Waals surface area (Å²) in [7, 11) is 1.68. The normalized spacial score (nSPS) is 13.9. The third-order valence-electron chi connectivity index (χ3n) is 0.969. The van der Waals surface area contributed by atoms with Crippen LogP contribution in [0.15, 0.2) is 0 Å². The van der Waals surface area contributed by atoms with E-state index in [2.05, 4.69) is 5.32 Å². The van der Waals surface area contributed by atoms with Crippen LogP contribution in [0.2, 0.25) is 0 Å². The van der Waals surface area contributed by atoms with E-state index in [0.29, 0.717) is 12.8 Å². The van der Waals surface area contributed by atoms with Crippen molar-refractivity contribution in [2.45, 2.75) is 19.1 Å². The maximum Gasteiger partial charge on any atom is 0.104 e. The van der Waals surface area contributed by atoms with E-state index in [-0.39, 0.29) is 6.61 Å². The largest absolute Gasteiger partial charge is 0.396 e. The zero-order valence-corrected chi connectivity index (χ0v) is 5.09. The molecule has 3 N–H and O–H groups in total. The molecule has 0 aromatic heterocycles. The Hall–Kier alpha value is -0.120. The van der Waals surface area contributed by atoms with E-state index >= 15 is 0 Å². The van der Waals surface area contributed by atoms with Gasteiger partial charge in [-0.1, -0.05) is 0 Å². The number of nitrogens with one attached hydrogen (secondary N) is 1. The van der Waals surface area contributed by atoms with Crippen molar-refractivity contribution in [2.75, 3.05) is 13.7 Å². The van der Waals surface area contributed by atoms with E-state index in [1.807, 2.05) is 0 Å². The standard InChI is InChI=1S/C5H13NO2/c1-6-5(8)3-2-4-7/h5-8H,2-4H2,1H3. The van der Waals surface area contributed by atoms with E-state index in [0.717, 1.165) is 0 Å². The Morgan fingerprint density at radius 3 is 2.62 bits per heavy atom. The quantitative estimate of drug-likeness (QED) is 0.429. The van der Waals surface area contributed by atoms with Crippen molar-refractivity contribution < 1.29 is 10.2 Å². The molecule has 0 aromatic carbocycles. The lowest BCUT2D eigenvalue weighted by molar-refractivity contribution is 0.125. The molecule has 0 saturated carbocycles. The highest BCUT2D eigenvalue weighted by atomic mass is 16.3. The number of hydrogen-bond donors (Lipinski definition) is 3. The van der Waals surface area contributed by atoms with Crippen molar-refractivity contribution in [1.82, 2.24) is 5.32 Å². The first-order chi connectivity index (χ1) is 3.81. The smallest absolute Gasteiger partial charge is 0.104 e. The predicted molar refractivity (Wildman–Crippen MR) is 31.4 cm³/mol. The highest BCUT2D eigenvalue weighted by Gasteiger charge is 1.95. The predicted octanol–water partition coefficient (Wildman–Crippen LogP) is -0.703. The maximum absolute atomic E-state index is 8.77. The summed E-state index contributed by atoms with van der Waals surface area (Å²) in [5, 5.41) is 19.7. The molecule has 3 nitrogen and oxygen atoms in total. The summed E-state index contributed by atoms with van der Waals surface area (Å²) < 4.78 is 0. The van der Waals surface area contributed by atoms with Crippen LogP contribution in [-0.2, 0) is 0 Å². The van der Waals surface area contributed by atoms with E-state index in [9.17, 15) is 0 Å². The van der Waals surface area contributed by atoms with Crippen molar-refractivity contribution >= 4 is 0 Å². The fourth-order valence-electron chi connectivity index (χ4n) is 0.429. The van der Waals surface area contributed by atoms with Gasteiger partial charge in [-0.25, -0.2) is 0 Å².